The molecule has 2 aromatic rings. The summed E-state index contributed by atoms with van der Waals surface area (Å²) in [5.41, 5.74) is 0.528. The monoisotopic (exact) mass is 393 g/mol. The van der Waals surface area contributed by atoms with E-state index >= 15 is 0 Å². The maximum absolute atomic E-state index is 12.3. The highest BCUT2D eigenvalue weighted by Crippen LogP contribution is 2.22. The third-order valence-electron chi connectivity index (χ3n) is 3.44. The van der Waals surface area contributed by atoms with E-state index in [4.69, 9.17) is 28.9 Å². The van der Waals surface area contributed by atoms with Gasteiger partial charge in [-0.05, 0) is 42.9 Å². The van der Waals surface area contributed by atoms with Crippen LogP contribution in [0.25, 0.3) is 0 Å². The standard InChI is InChI=1S/C16H12ClN3O5S/c1-8-10(15(22)23)3-2-4-13(8)18-16(26)19-14(21)11-7-9(20(24)25)5-6-12(11)17/h2-7H,1H3,(H,22,23)(H2,18,19,21,26). The lowest BCUT2D eigenvalue weighted by Crippen LogP contribution is -2.34. The van der Waals surface area contributed by atoms with Crippen LogP contribution in [0.2, 0.25) is 5.02 Å². The zero-order chi connectivity index (χ0) is 19.4. The van der Waals surface area contributed by atoms with Crippen LogP contribution in [-0.2, 0) is 0 Å². The molecule has 3 N–H and O–H groups in total. The van der Waals surface area contributed by atoms with Crippen LogP contribution in [0.1, 0.15) is 26.3 Å². The summed E-state index contributed by atoms with van der Waals surface area (Å²) in [7, 11) is 0. The van der Waals surface area contributed by atoms with E-state index in [-0.39, 0.29) is 26.9 Å². The molecule has 26 heavy (non-hydrogen) atoms. The third kappa shape index (κ3) is 4.32. The van der Waals surface area contributed by atoms with E-state index < -0.39 is 16.8 Å². The minimum Gasteiger partial charge on any atom is -0.478 e. The molecule has 0 saturated carbocycles. The first-order chi connectivity index (χ1) is 12.2. The van der Waals surface area contributed by atoms with Crippen molar-refractivity contribution in [1.82, 2.24) is 5.32 Å². The van der Waals surface area contributed by atoms with E-state index in [1.54, 1.807) is 13.0 Å². The van der Waals surface area contributed by atoms with Crippen LogP contribution in [0.5, 0.6) is 0 Å². The SMILES string of the molecule is Cc1c(NC(=S)NC(=O)c2cc([N+](=O)[O-])ccc2Cl)cccc1C(=O)O. The Morgan fingerprint density at radius 1 is 1.23 bits per heavy atom. The highest BCUT2D eigenvalue weighted by atomic mass is 35.5. The lowest BCUT2D eigenvalue weighted by Gasteiger charge is -2.13. The van der Waals surface area contributed by atoms with Crippen LogP contribution in [0.4, 0.5) is 11.4 Å². The first-order valence-electron chi connectivity index (χ1n) is 7.10. The van der Waals surface area contributed by atoms with Crippen molar-refractivity contribution in [3.05, 3.63) is 68.2 Å². The van der Waals surface area contributed by atoms with Crippen LogP contribution >= 0.6 is 23.8 Å². The van der Waals surface area contributed by atoms with Crippen molar-refractivity contribution >= 4 is 52.2 Å². The number of nitrogens with one attached hydrogen (secondary N) is 2. The van der Waals surface area contributed by atoms with E-state index in [0.29, 0.717) is 11.3 Å². The summed E-state index contributed by atoms with van der Waals surface area (Å²) in [6.07, 6.45) is 0. The number of non-ortho nitro benzene ring substituents is 1. The summed E-state index contributed by atoms with van der Waals surface area (Å²) in [4.78, 5) is 33.6. The van der Waals surface area contributed by atoms with Crippen LogP contribution in [0, 0.1) is 17.0 Å². The Morgan fingerprint density at radius 2 is 1.92 bits per heavy atom. The molecule has 0 spiro atoms. The van der Waals surface area contributed by atoms with Crippen LogP contribution in [-0.4, -0.2) is 27.0 Å². The molecule has 0 atom stereocenters. The molecular weight excluding hydrogens is 382 g/mol. The number of carbonyl (C=O) groups is 2. The topological polar surface area (TPSA) is 122 Å². The number of carboxylic acid groups (broad SMARTS) is 1. The smallest absolute Gasteiger partial charge is 0.336 e. The van der Waals surface area contributed by atoms with Gasteiger partial charge in [0.05, 0.1) is 21.1 Å². The molecule has 0 aromatic heterocycles. The van der Waals surface area contributed by atoms with Crippen LogP contribution < -0.4 is 10.6 Å². The maximum atomic E-state index is 12.3. The lowest BCUT2D eigenvalue weighted by molar-refractivity contribution is -0.384. The van der Waals surface area contributed by atoms with Crippen molar-refractivity contribution in [3.63, 3.8) is 0 Å². The summed E-state index contributed by atoms with van der Waals surface area (Å²) >= 11 is 10.9. The van der Waals surface area contributed by atoms with Gasteiger partial charge in [-0.2, -0.15) is 0 Å². The van der Waals surface area contributed by atoms with Gasteiger partial charge in [-0.15, -0.1) is 0 Å². The fourth-order valence-electron chi connectivity index (χ4n) is 2.13. The van der Waals surface area contributed by atoms with Crippen molar-refractivity contribution in [2.45, 2.75) is 6.92 Å². The molecule has 8 nitrogen and oxygen atoms in total. The Hall–Kier alpha value is -3.04. The Bertz CT molecular complexity index is 932. The van der Waals surface area contributed by atoms with Crippen molar-refractivity contribution in [2.24, 2.45) is 0 Å². The summed E-state index contributed by atoms with van der Waals surface area (Å²) in [6, 6.07) is 8.02. The molecule has 10 heteroatoms. The summed E-state index contributed by atoms with van der Waals surface area (Å²) in [6.45, 7) is 1.59. The van der Waals surface area contributed by atoms with Gasteiger partial charge in [0.2, 0.25) is 0 Å². The maximum Gasteiger partial charge on any atom is 0.336 e. The first kappa shape index (κ1) is 19.3. The van der Waals surface area contributed by atoms with Gasteiger partial charge in [0.25, 0.3) is 11.6 Å². The fourth-order valence-corrected chi connectivity index (χ4v) is 2.53. The molecule has 0 unspecified atom stereocenters. The Labute approximate surface area is 157 Å². The largest absolute Gasteiger partial charge is 0.478 e. The highest BCUT2D eigenvalue weighted by Gasteiger charge is 2.17. The van der Waals surface area contributed by atoms with Crippen molar-refractivity contribution in [3.8, 4) is 0 Å². The summed E-state index contributed by atoms with van der Waals surface area (Å²) < 4.78 is 0. The van der Waals surface area contributed by atoms with Gasteiger partial charge in [-0.25, -0.2) is 4.79 Å². The number of halogens is 1. The molecular formula is C16H12ClN3O5S. The normalized spacial score (nSPS) is 10.1. The van der Waals surface area contributed by atoms with Crippen molar-refractivity contribution < 1.29 is 19.6 Å². The number of thiocarbonyl (C=S) groups is 1. The van der Waals surface area contributed by atoms with Gasteiger partial charge in [0, 0.05) is 17.8 Å². The fraction of sp³-hybridized carbons (Fsp3) is 0.0625. The number of rotatable bonds is 4. The number of nitro groups is 1. The molecule has 1 amide bonds. The molecule has 0 heterocycles. The molecule has 2 rings (SSSR count). The van der Waals surface area contributed by atoms with Gasteiger partial charge in [-0.1, -0.05) is 17.7 Å². The predicted octanol–water partition coefficient (Wildman–Crippen LogP) is 3.38. The van der Waals surface area contributed by atoms with E-state index in [0.717, 1.165) is 6.07 Å². The van der Waals surface area contributed by atoms with Crippen LogP contribution in [0.15, 0.2) is 36.4 Å². The molecule has 0 bridgehead atoms. The van der Waals surface area contributed by atoms with Gasteiger partial charge >= 0.3 is 5.97 Å². The van der Waals surface area contributed by atoms with E-state index in [9.17, 15) is 19.7 Å². The minimum absolute atomic E-state index is 0.0277. The summed E-state index contributed by atoms with van der Waals surface area (Å²) in [5.74, 6) is -1.83. The second-order valence-electron chi connectivity index (χ2n) is 5.11. The van der Waals surface area contributed by atoms with Crippen molar-refractivity contribution in [1.29, 1.82) is 0 Å². The lowest BCUT2D eigenvalue weighted by atomic mass is 10.1. The second-order valence-corrected chi connectivity index (χ2v) is 5.93. The number of nitrogens with zero attached hydrogens (tertiary/aromatic N) is 1. The molecule has 2 aromatic carbocycles. The number of amides is 1. The number of nitro benzene ring substituents is 1. The third-order valence-corrected chi connectivity index (χ3v) is 3.98. The molecule has 0 aliphatic heterocycles. The average molecular weight is 394 g/mol. The molecule has 0 radical (unpaired) electrons. The first-order valence-corrected chi connectivity index (χ1v) is 7.88. The Kier molecular flexibility index (Phi) is 5.86. The Morgan fingerprint density at radius 3 is 2.54 bits per heavy atom. The van der Waals surface area contributed by atoms with E-state index in [1.807, 2.05) is 0 Å². The minimum atomic E-state index is -1.09. The quantitative estimate of drug-likeness (QED) is 0.413. The number of carbonyl (C=O) groups excluding carboxylic acids is 1. The zero-order valence-corrected chi connectivity index (χ0v) is 14.9. The van der Waals surface area contributed by atoms with Gasteiger partial charge < -0.3 is 10.4 Å². The number of carboxylic acids is 1. The number of hydrogen-bond acceptors (Lipinski definition) is 5. The van der Waals surface area contributed by atoms with Gasteiger partial charge in [0.15, 0.2) is 5.11 Å². The van der Waals surface area contributed by atoms with Crippen LogP contribution in [0.3, 0.4) is 0 Å². The van der Waals surface area contributed by atoms with Gasteiger partial charge in [0.1, 0.15) is 0 Å². The van der Waals surface area contributed by atoms with Crippen molar-refractivity contribution in [2.75, 3.05) is 5.32 Å². The molecule has 0 saturated heterocycles. The number of aromatic carboxylic acids is 1. The Balaban J connectivity index is 2.17. The molecule has 0 aliphatic rings. The molecule has 0 aliphatic carbocycles. The number of benzene rings is 2. The number of anilines is 1. The van der Waals surface area contributed by atoms with Gasteiger partial charge in [-0.3, -0.25) is 20.2 Å². The average Bonchev–Trinajstić information content (AvgIpc) is 2.56. The second kappa shape index (κ2) is 7.89. The zero-order valence-electron chi connectivity index (χ0n) is 13.3. The predicted molar refractivity (Wildman–Crippen MR) is 99.9 cm³/mol. The summed E-state index contributed by atoms with van der Waals surface area (Å²) in [5, 5.41) is 24.9. The molecule has 0 fully saturated rings. The van der Waals surface area contributed by atoms with E-state index in [1.165, 1.54) is 24.3 Å². The highest BCUT2D eigenvalue weighted by molar-refractivity contribution is 7.80. The number of hydrogen-bond donors (Lipinski definition) is 3. The van der Waals surface area contributed by atoms with E-state index in [2.05, 4.69) is 10.6 Å². The molecule has 134 valence electrons.